The Hall–Kier alpha value is -1.71. The fourth-order valence-electron chi connectivity index (χ4n) is 2.97. The highest BCUT2D eigenvalue weighted by atomic mass is 16.5. The number of ether oxygens (including phenoxy) is 1. The van der Waals surface area contributed by atoms with Crippen LogP contribution in [0.2, 0.25) is 0 Å². The predicted molar refractivity (Wildman–Crippen MR) is 84.3 cm³/mol. The Morgan fingerprint density at radius 1 is 1.24 bits per heavy atom. The molecule has 0 radical (unpaired) electrons. The molecule has 2 rings (SSSR count). The van der Waals surface area contributed by atoms with Crippen molar-refractivity contribution >= 4 is 6.03 Å². The van der Waals surface area contributed by atoms with Gasteiger partial charge in [0.05, 0.1) is 6.61 Å². The number of hydrogen-bond donors (Lipinski definition) is 1. The van der Waals surface area contributed by atoms with Gasteiger partial charge in [0, 0.05) is 12.6 Å². The summed E-state index contributed by atoms with van der Waals surface area (Å²) in [6.45, 7) is 3.57. The molecule has 1 fully saturated rings. The van der Waals surface area contributed by atoms with Crippen LogP contribution in [0.15, 0.2) is 30.3 Å². The Balaban J connectivity index is 1.74. The molecule has 4 heteroatoms. The maximum Gasteiger partial charge on any atom is 0.315 e. The van der Waals surface area contributed by atoms with Crippen molar-refractivity contribution in [3.8, 4) is 5.75 Å². The molecule has 4 nitrogen and oxygen atoms in total. The van der Waals surface area contributed by atoms with Crippen LogP contribution in [0.25, 0.3) is 0 Å². The first-order valence-corrected chi connectivity index (χ1v) is 7.90. The summed E-state index contributed by atoms with van der Waals surface area (Å²) in [6, 6.07) is 9.77. The van der Waals surface area contributed by atoms with Crippen LogP contribution in [-0.2, 0) is 0 Å². The van der Waals surface area contributed by atoms with E-state index in [4.69, 9.17) is 10.5 Å². The number of para-hydroxylation sites is 1. The van der Waals surface area contributed by atoms with Gasteiger partial charge in [0.15, 0.2) is 0 Å². The molecule has 1 saturated carbocycles. The zero-order chi connectivity index (χ0) is 15.1. The van der Waals surface area contributed by atoms with Gasteiger partial charge in [0.25, 0.3) is 0 Å². The second kappa shape index (κ2) is 7.91. The third kappa shape index (κ3) is 4.96. The molecule has 0 unspecified atom stereocenters. The van der Waals surface area contributed by atoms with Crippen molar-refractivity contribution in [2.45, 2.75) is 45.1 Å². The smallest absolute Gasteiger partial charge is 0.315 e. The highest BCUT2D eigenvalue weighted by Gasteiger charge is 2.25. The quantitative estimate of drug-likeness (QED) is 0.816. The van der Waals surface area contributed by atoms with Crippen molar-refractivity contribution in [3.05, 3.63) is 30.3 Å². The van der Waals surface area contributed by atoms with Crippen LogP contribution in [-0.4, -0.2) is 30.1 Å². The Kier molecular flexibility index (Phi) is 5.90. The molecule has 0 saturated heterocycles. The summed E-state index contributed by atoms with van der Waals surface area (Å²) < 4.78 is 5.66. The topological polar surface area (TPSA) is 55.6 Å². The van der Waals surface area contributed by atoms with Gasteiger partial charge in [-0.25, -0.2) is 4.79 Å². The van der Waals surface area contributed by atoms with Crippen LogP contribution in [0.1, 0.15) is 39.0 Å². The first-order chi connectivity index (χ1) is 10.2. The highest BCUT2D eigenvalue weighted by Crippen LogP contribution is 2.27. The number of rotatable bonds is 6. The molecule has 116 valence electrons. The van der Waals surface area contributed by atoms with Gasteiger partial charge in [-0.15, -0.1) is 0 Å². The summed E-state index contributed by atoms with van der Waals surface area (Å²) in [7, 11) is 0. The summed E-state index contributed by atoms with van der Waals surface area (Å²) in [5, 5.41) is 0. The van der Waals surface area contributed by atoms with Crippen LogP contribution in [0.5, 0.6) is 5.75 Å². The van der Waals surface area contributed by atoms with Gasteiger partial charge in [-0.2, -0.15) is 0 Å². The summed E-state index contributed by atoms with van der Waals surface area (Å²) in [6.07, 6.45) is 5.33. The van der Waals surface area contributed by atoms with Crippen LogP contribution >= 0.6 is 0 Å². The SMILES string of the molecule is CC1CCC(N(CCCOc2ccccc2)C(N)=O)CC1. The average molecular weight is 290 g/mol. The van der Waals surface area contributed by atoms with E-state index in [0.29, 0.717) is 19.2 Å². The predicted octanol–water partition coefficient (Wildman–Crippen LogP) is 3.41. The summed E-state index contributed by atoms with van der Waals surface area (Å²) in [5.74, 6) is 1.65. The lowest BCUT2D eigenvalue weighted by molar-refractivity contribution is 0.146. The molecular weight excluding hydrogens is 264 g/mol. The number of amides is 2. The number of carbonyl (C=O) groups is 1. The monoisotopic (exact) mass is 290 g/mol. The Morgan fingerprint density at radius 3 is 2.52 bits per heavy atom. The molecule has 0 spiro atoms. The van der Waals surface area contributed by atoms with E-state index in [1.165, 1.54) is 12.8 Å². The molecule has 2 amide bonds. The standard InChI is InChI=1S/C17H26N2O2/c1-14-8-10-15(11-9-14)19(17(18)20)12-5-13-21-16-6-3-2-4-7-16/h2-4,6-7,14-15H,5,8-13H2,1H3,(H2,18,20). The highest BCUT2D eigenvalue weighted by molar-refractivity contribution is 5.72. The molecular formula is C17H26N2O2. The van der Waals surface area contributed by atoms with E-state index in [1.54, 1.807) is 0 Å². The van der Waals surface area contributed by atoms with Gasteiger partial charge >= 0.3 is 6.03 Å². The van der Waals surface area contributed by atoms with Crippen molar-refractivity contribution in [1.29, 1.82) is 0 Å². The lowest BCUT2D eigenvalue weighted by atomic mass is 9.86. The van der Waals surface area contributed by atoms with E-state index in [1.807, 2.05) is 35.2 Å². The lowest BCUT2D eigenvalue weighted by Gasteiger charge is -2.35. The molecule has 1 aliphatic rings. The maximum atomic E-state index is 11.7. The van der Waals surface area contributed by atoms with Crippen molar-refractivity contribution in [1.82, 2.24) is 4.90 Å². The van der Waals surface area contributed by atoms with E-state index in [-0.39, 0.29) is 6.03 Å². The number of nitrogens with two attached hydrogens (primary N) is 1. The van der Waals surface area contributed by atoms with Crippen molar-refractivity contribution in [3.63, 3.8) is 0 Å². The maximum absolute atomic E-state index is 11.7. The van der Waals surface area contributed by atoms with Gasteiger partial charge in [-0.1, -0.05) is 25.1 Å². The first-order valence-electron chi connectivity index (χ1n) is 7.90. The fourth-order valence-corrected chi connectivity index (χ4v) is 2.97. The van der Waals surface area contributed by atoms with Crippen LogP contribution in [0, 0.1) is 5.92 Å². The molecule has 0 aromatic heterocycles. The van der Waals surface area contributed by atoms with Gasteiger partial charge in [0.2, 0.25) is 0 Å². The zero-order valence-corrected chi connectivity index (χ0v) is 12.8. The minimum absolute atomic E-state index is 0.297. The molecule has 0 heterocycles. The minimum atomic E-state index is -0.297. The fraction of sp³-hybridized carbons (Fsp3) is 0.588. The van der Waals surface area contributed by atoms with E-state index in [9.17, 15) is 4.79 Å². The Labute approximate surface area is 127 Å². The largest absolute Gasteiger partial charge is 0.494 e. The zero-order valence-electron chi connectivity index (χ0n) is 12.8. The molecule has 1 aromatic rings. The van der Waals surface area contributed by atoms with E-state index >= 15 is 0 Å². The normalized spacial score (nSPS) is 21.8. The second-order valence-electron chi connectivity index (χ2n) is 5.96. The van der Waals surface area contributed by atoms with Crippen LogP contribution < -0.4 is 10.5 Å². The summed E-state index contributed by atoms with van der Waals surface area (Å²) in [5.41, 5.74) is 5.54. The minimum Gasteiger partial charge on any atom is -0.494 e. The van der Waals surface area contributed by atoms with Crippen molar-refractivity contribution in [2.75, 3.05) is 13.2 Å². The van der Waals surface area contributed by atoms with Gasteiger partial charge in [-0.3, -0.25) is 0 Å². The summed E-state index contributed by atoms with van der Waals surface area (Å²) >= 11 is 0. The molecule has 2 N–H and O–H groups in total. The number of hydrogen-bond acceptors (Lipinski definition) is 2. The molecule has 21 heavy (non-hydrogen) atoms. The number of urea groups is 1. The van der Waals surface area contributed by atoms with Gasteiger partial charge in [0.1, 0.15) is 5.75 Å². The number of carbonyl (C=O) groups excluding carboxylic acids is 1. The molecule has 0 atom stereocenters. The molecule has 1 aliphatic carbocycles. The summed E-state index contributed by atoms with van der Waals surface area (Å²) in [4.78, 5) is 13.5. The van der Waals surface area contributed by atoms with E-state index in [0.717, 1.165) is 30.9 Å². The van der Waals surface area contributed by atoms with Crippen molar-refractivity contribution < 1.29 is 9.53 Å². The van der Waals surface area contributed by atoms with E-state index in [2.05, 4.69) is 6.92 Å². The van der Waals surface area contributed by atoms with E-state index < -0.39 is 0 Å². The van der Waals surface area contributed by atoms with Crippen LogP contribution in [0.4, 0.5) is 4.79 Å². The van der Waals surface area contributed by atoms with Gasteiger partial charge in [-0.05, 0) is 50.2 Å². The first kappa shape index (κ1) is 15.7. The molecule has 1 aromatic carbocycles. The Morgan fingerprint density at radius 2 is 1.90 bits per heavy atom. The van der Waals surface area contributed by atoms with Crippen molar-refractivity contribution in [2.24, 2.45) is 11.7 Å². The third-order valence-electron chi connectivity index (χ3n) is 4.26. The Bertz CT molecular complexity index is 428. The van der Waals surface area contributed by atoms with Crippen LogP contribution in [0.3, 0.4) is 0 Å². The lowest BCUT2D eigenvalue weighted by Crippen LogP contribution is -2.45. The average Bonchev–Trinajstić information content (AvgIpc) is 2.49. The second-order valence-corrected chi connectivity index (χ2v) is 5.96. The third-order valence-corrected chi connectivity index (χ3v) is 4.26. The van der Waals surface area contributed by atoms with Gasteiger partial charge < -0.3 is 15.4 Å². The number of primary amides is 1. The molecule has 0 bridgehead atoms. The number of nitrogens with zero attached hydrogens (tertiary/aromatic N) is 1. The number of benzene rings is 1. The molecule has 0 aliphatic heterocycles.